The molecule has 0 saturated carbocycles. The topological polar surface area (TPSA) is 45.9 Å². The van der Waals surface area contributed by atoms with Gasteiger partial charge < -0.3 is 4.74 Å². The minimum atomic E-state index is 0.368. The molecule has 3 nitrogen and oxygen atoms in total. The van der Waals surface area contributed by atoms with Crippen LogP contribution in [0.3, 0.4) is 0 Å². The maximum absolute atomic E-state index is 8.90. The zero-order valence-corrected chi connectivity index (χ0v) is 9.58. The lowest BCUT2D eigenvalue weighted by atomic mass is 10.1. The van der Waals surface area contributed by atoms with Gasteiger partial charge in [0.1, 0.15) is 11.6 Å². The molecule has 0 N–H and O–H groups in total. The molecule has 0 aliphatic carbocycles. The molecule has 0 amide bonds. The van der Waals surface area contributed by atoms with E-state index in [4.69, 9.17) is 10.00 Å². The van der Waals surface area contributed by atoms with Gasteiger partial charge in [-0.25, -0.2) is 4.98 Å². The van der Waals surface area contributed by atoms with Crippen LogP contribution in [0.15, 0.2) is 28.7 Å². The molecular weight excluding hydrogens is 256 g/mol. The summed E-state index contributed by atoms with van der Waals surface area (Å²) in [7, 11) is 1.51. The maximum atomic E-state index is 8.90. The van der Waals surface area contributed by atoms with Gasteiger partial charge in [0, 0.05) is 9.86 Å². The van der Waals surface area contributed by atoms with Gasteiger partial charge in [-0.2, -0.15) is 5.26 Å². The molecule has 1 aromatic heterocycles. The summed E-state index contributed by atoms with van der Waals surface area (Å²) in [5, 5.41) is 9.81. The van der Waals surface area contributed by atoms with Crippen molar-refractivity contribution in [2.75, 3.05) is 7.11 Å². The van der Waals surface area contributed by atoms with Crippen molar-refractivity contribution in [2.45, 2.75) is 0 Å². The van der Waals surface area contributed by atoms with Crippen LogP contribution in [0, 0.1) is 11.3 Å². The molecule has 0 unspecified atom stereocenters. The van der Waals surface area contributed by atoms with Gasteiger partial charge in [0.05, 0.1) is 12.6 Å². The lowest BCUT2D eigenvalue weighted by Crippen LogP contribution is -1.92. The molecule has 4 heteroatoms. The van der Waals surface area contributed by atoms with Crippen LogP contribution in [-0.2, 0) is 0 Å². The summed E-state index contributed by atoms with van der Waals surface area (Å²) >= 11 is 3.37. The minimum Gasteiger partial charge on any atom is -0.480 e. The van der Waals surface area contributed by atoms with E-state index in [-0.39, 0.29) is 0 Å². The smallest absolute Gasteiger partial charge is 0.231 e. The molecular formula is C11H7BrN2O. The summed E-state index contributed by atoms with van der Waals surface area (Å²) in [5.74, 6) is 0.368. The summed E-state index contributed by atoms with van der Waals surface area (Å²) in [4.78, 5) is 4.24. The van der Waals surface area contributed by atoms with E-state index < -0.39 is 0 Å². The Balaban J connectivity index is 2.77. The highest BCUT2D eigenvalue weighted by Gasteiger charge is 2.06. The van der Waals surface area contributed by atoms with Crippen molar-refractivity contribution in [3.63, 3.8) is 0 Å². The first kappa shape index (κ1) is 9.94. The zero-order valence-electron chi connectivity index (χ0n) is 7.99. The first-order valence-electron chi connectivity index (χ1n) is 4.29. The standard InChI is InChI=1S/C11H7BrN2O/c1-15-11-8(6-13)4-7-5-9(12)2-3-10(7)14-11/h2-5H,1H3. The van der Waals surface area contributed by atoms with Crippen LogP contribution in [0.5, 0.6) is 5.88 Å². The first-order chi connectivity index (χ1) is 7.24. The van der Waals surface area contributed by atoms with Crippen LogP contribution >= 0.6 is 15.9 Å². The van der Waals surface area contributed by atoms with Gasteiger partial charge in [-0.3, -0.25) is 0 Å². The molecule has 0 aliphatic rings. The lowest BCUT2D eigenvalue weighted by Gasteiger charge is -2.04. The Hall–Kier alpha value is -1.60. The van der Waals surface area contributed by atoms with Crippen molar-refractivity contribution < 1.29 is 4.74 Å². The second-order valence-electron chi connectivity index (χ2n) is 2.99. The van der Waals surface area contributed by atoms with Crippen molar-refractivity contribution in [3.8, 4) is 11.9 Å². The van der Waals surface area contributed by atoms with E-state index in [2.05, 4.69) is 27.0 Å². The molecule has 0 saturated heterocycles. The van der Waals surface area contributed by atoms with E-state index in [9.17, 15) is 0 Å². The van der Waals surface area contributed by atoms with E-state index in [1.807, 2.05) is 18.2 Å². The molecule has 1 aromatic carbocycles. The highest BCUT2D eigenvalue weighted by atomic mass is 79.9. The molecule has 1 heterocycles. The predicted molar refractivity (Wildman–Crippen MR) is 60.7 cm³/mol. The van der Waals surface area contributed by atoms with Gasteiger partial charge in [0.2, 0.25) is 5.88 Å². The van der Waals surface area contributed by atoms with Crippen molar-refractivity contribution in [1.29, 1.82) is 5.26 Å². The van der Waals surface area contributed by atoms with Crippen molar-refractivity contribution in [3.05, 3.63) is 34.3 Å². The normalized spacial score (nSPS) is 9.93. The second kappa shape index (κ2) is 3.87. The number of aromatic nitrogens is 1. The average Bonchev–Trinajstić information content (AvgIpc) is 2.27. The Bertz CT molecular complexity index is 560. The largest absolute Gasteiger partial charge is 0.480 e. The number of nitrogens with zero attached hydrogens (tertiary/aromatic N) is 2. The fourth-order valence-electron chi connectivity index (χ4n) is 1.37. The Kier molecular flexibility index (Phi) is 2.57. The number of benzene rings is 1. The number of pyridine rings is 1. The molecule has 15 heavy (non-hydrogen) atoms. The van der Waals surface area contributed by atoms with Crippen molar-refractivity contribution in [1.82, 2.24) is 4.98 Å². The Labute approximate surface area is 95.4 Å². The van der Waals surface area contributed by atoms with Gasteiger partial charge >= 0.3 is 0 Å². The van der Waals surface area contributed by atoms with Gasteiger partial charge in [0.25, 0.3) is 0 Å². The lowest BCUT2D eigenvalue weighted by molar-refractivity contribution is 0.398. The fraction of sp³-hybridized carbons (Fsp3) is 0.0909. The molecule has 0 fully saturated rings. The SMILES string of the molecule is COc1nc2ccc(Br)cc2cc1C#N. The summed E-state index contributed by atoms with van der Waals surface area (Å²) in [6, 6.07) is 9.53. The third-order valence-electron chi connectivity index (χ3n) is 2.06. The highest BCUT2D eigenvalue weighted by molar-refractivity contribution is 9.10. The number of hydrogen-bond donors (Lipinski definition) is 0. The molecule has 0 aliphatic heterocycles. The summed E-state index contributed by atoms with van der Waals surface area (Å²) in [6.07, 6.45) is 0. The van der Waals surface area contributed by atoms with Crippen LogP contribution in [0.4, 0.5) is 0 Å². The summed E-state index contributed by atoms with van der Waals surface area (Å²) in [6.45, 7) is 0. The van der Waals surface area contributed by atoms with Gasteiger partial charge in [-0.15, -0.1) is 0 Å². The first-order valence-corrected chi connectivity index (χ1v) is 5.08. The number of ether oxygens (including phenoxy) is 1. The molecule has 0 spiro atoms. The summed E-state index contributed by atoms with van der Waals surface area (Å²) < 4.78 is 5.99. The third kappa shape index (κ3) is 1.79. The van der Waals surface area contributed by atoms with Crippen LogP contribution in [0.25, 0.3) is 10.9 Å². The molecule has 0 bridgehead atoms. The Morgan fingerprint density at radius 2 is 2.20 bits per heavy atom. The van der Waals surface area contributed by atoms with E-state index in [0.717, 1.165) is 15.4 Å². The molecule has 0 atom stereocenters. The molecule has 0 radical (unpaired) electrons. The Morgan fingerprint density at radius 3 is 2.87 bits per heavy atom. The van der Waals surface area contributed by atoms with Crippen LogP contribution in [0.2, 0.25) is 0 Å². The van der Waals surface area contributed by atoms with Gasteiger partial charge in [-0.05, 0) is 24.3 Å². The molecule has 2 aromatic rings. The quantitative estimate of drug-likeness (QED) is 0.794. The second-order valence-corrected chi connectivity index (χ2v) is 3.91. The number of nitriles is 1. The zero-order chi connectivity index (χ0) is 10.8. The number of rotatable bonds is 1. The number of fused-ring (bicyclic) bond motifs is 1. The number of halogens is 1. The monoisotopic (exact) mass is 262 g/mol. The molecule has 2 rings (SSSR count). The van der Waals surface area contributed by atoms with Crippen LogP contribution in [0.1, 0.15) is 5.56 Å². The number of methoxy groups -OCH3 is 1. The van der Waals surface area contributed by atoms with Crippen LogP contribution < -0.4 is 4.74 Å². The van der Waals surface area contributed by atoms with Crippen molar-refractivity contribution >= 4 is 26.8 Å². The van der Waals surface area contributed by atoms with E-state index >= 15 is 0 Å². The maximum Gasteiger partial charge on any atom is 0.231 e. The van der Waals surface area contributed by atoms with Crippen molar-refractivity contribution in [2.24, 2.45) is 0 Å². The van der Waals surface area contributed by atoms with Gasteiger partial charge in [0.15, 0.2) is 0 Å². The van der Waals surface area contributed by atoms with Crippen LogP contribution in [-0.4, -0.2) is 12.1 Å². The third-order valence-corrected chi connectivity index (χ3v) is 2.55. The van der Waals surface area contributed by atoms with E-state index in [0.29, 0.717) is 11.4 Å². The Morgan fingerprint density at radius 1 is 1.40 bits per heavy atom. The fourth-order valence-corrected chi connectivity index (χ4v) is 1.74. The highest BCUT2D eigenvalue weighted by Crippen LogP contribution is 2.24. The predicted octanol–water partition coefficient (Wildman–Crippen LogP) is 2.88. The van der Waals surface area contributed by atoms with E-state index in [1.165, 1.54) is 7.11 Å². The summed E-state index contributed by atoms with van der Waals surface area (Å²) in [5.41, 5.74) is 1.26. The van der Waals surface area contributed by atoms with Gasteiger partial charge in [-0.1, -0.05) is 15.9 Å². The molecule has 74 valence electrons. The average molecular weight is 263 g/mol. The van der Waals surface area contributed by atoms with E-state index in [1.54, 1.807) is 6.07 Å². The number of hydrogen-bond acceptors (Lipinski definition) is 3. The minimum absolute atomic E-state index is 0.368.